The zero-order chi connectivity index (χ0) is 13.0. The monoisotopic (exact) mass is 265 g/mol. The zero-order valence-corrected chi connectivity index (χ0v) is 12.2. The highest BCUT2D eigenvalue weighted by Gasteiger charge is 2.30. The molecule has 1 aliphatic rings. The van der Waals surface area contributed by atoms with Crippen LogP contribution in [0, 0.1) is 17.8 Å². The first-order valence-electron chi connectivity index (χ1n) is 7.11. The third-order valence-corrected chi connectivity index (χ3v) is 4.34. The summed E-state index contributed by atoms with van der Waals surface area (Å²) in [5, 5.41) is 4.51. The lowest BCUT2D eigenvalue weighted by Gasteiger charge is -2.37. The molecule has 1 saturated carbocycles. The Hall–Kier alpha value is -0.530. The smallest absolute Gasteiger partial charge is 0.0438 e. The Bertz CT molecular complexity index is 375. The Labute approximate surface area is 116 Å². The molecule has 0 aliphatic heterocycles. The van der Waals surface area contributed by atoms with Gasteiger partial charge in [0.15, 0.2) is 0 Å². The highest BCUT2D eigenvalue weighted by atomic mass is 35.5. The fourth-order valence-electron chi connectivity index (χ4n) is 2.68. The van der Waals surface area contributed by atoms with Gasteiger partial charge in [0.2, 0.25) is 0 Å². The fraction of sp³-hybridized carbons (Fsp3) is 0.625. The van der Waals surface area contributed by atoms with E-state index in [0.29, 0.717) is 0 Å². The molecule has 1 aromatic rings. The molecule has 0 radical (unpaired) electrons. The van der Waals surface area contributed by atoms with Crippen LogP contribution >= 0.6 is 11.6 Å². The van der Waals surface area contributed by atoms with Crippen LogP contribution in [0.3, 0.4) is 0 Å². The minimum absolute atomic E-state index is 0.743. The first-order chi connectivity index (χ1) is 8.66. The first kappa shape index (κ1) is 13.9. The Balaban J connectivity index is 1.78. The SMILES string of the molecule is CC(C)CNCC1CCC1Cc1ccccc1Cl. The Morgan fingerprint density at radius 3 is 2.56 bits per heavy atom. The van der Waals surface area contributed by atoms with Gasteiger partial charge in [-0.15, -0.1) is 0 Å². The second-order valence-corrected chi connectivity index (χ2v) is 6.35. The molecular formula is C16H24ClN. The van der Waals surface area contributed by atoms with Gasteiger partial charge in [-0.1, -0.05) is 43.6 Å². The number of halogens is 1. The number of rotatable bonds is 6. The van der Waals surface area contributed by atoms with E-state index in [1.807, 2.05) is 12.1 Å². The van der Waals surface area contributed by atoms with E-state index in [1.165, 1.54) is 24.9 Å². The molecule has 1 fully saturated rings. The summed E-state index contributed by atoms with van der Waals surface area (Å²) in [6.45, 7) is 6.83. The van der Waals surface area contributed by atoms with Crippen LogP contribution in [0.25, 0.3) is 0 Å². The van der Waals surface area contributed by atoms with Crippen LogP contribution in [0.4, 0.5) is 0 Å². The lowest BCUT2D eigenvalue weighted by atomic mass is 9.70. The van der Waals surface area contributed by atoms with Crippen molar-refractivity contribution in [3.8, 4) is 0 Å². The standard InChI is InChI=1S/C16H24ClN/c1-12(2)10-18-11-15-8-7-13(15)9-14-5-3-4-6-16(14)17/h3-6,12-13,15,18H,7-11H2,1-2H3. The minimum atomic E-state index is 0.743. The molecule has 0 saturated heterocycles. The molecule has 18 heavy (non-hydrogen) atoms. The van der Waals surface area contributed by atoms with Gasteiger partial charge < -0.3 is 5.32 Å². The van der Waals surface area contributed by atoms with Gasteiger partial charge in [0.05, 0.1) is 0 Å². The van der Waals surface area contributed by atoms with Gasteiger partial charge in [-0.05, 0) is 61.7 Å². The molecule has 2 atom stereocenters. The second-order valence-electron chi connectivity index (χ2n) is 5.95. The van der Waals surface area contributed by atoms with Crippen molar-refractivity contribution in [2.75, 3.05) is 13.1 Å². The Morgan fingerprint density at radius 2 is 1.94 bits per heavy atom. The summed E-state index contributed by atoms with van der Waals surface area (Å²) >= 11 is 6.23. The third-order valence-electron chi connectivity index (χ3n) is 3.97. The molecule has 2 heteroatoms. The maximum Gasteiger partial charge on any atom is 0.0438 e. The fourth-order valence-corrected chi connectivity index (χ4v) is 2.89. The molecule has 1 N–H and O–H groups in total. The quantitative estimate of drug-likeness (QED) is 0.815. The van der Waals surface area contributed by atoms with E-state index in [-0.39, 0.29) is 0 Å². The largest absolute Gasteiger partial charge is 0.316 e. The van der Waals surface area contributed by atoms with Gasteiger partial charge in [0.25, 0.3) is 0 Å². The summed E-state index contributed by atoms with van der Waals surface area (Å²) in [5.41, 5.74) is 1.32. The van der Waals surface area contributed by atoms with Crippen molar-refractivity contribution in [3.63, 3.8) is 0 Å². The summed E-state index contributed by atoms with van der Waals surface area (Å²) in [7, 11) is 0. The molecule has 1 aromatic carbocycles. The van der Waals surface area contributed by atoms with E-state index in [4.69, 9.17) is 11.6 Å². The van der Waals surface area contributed by atoms with Crippen LogP contribution in [0.2, 0.25) is 5.02 Å². The first-order valence-corrected chi connectivity index (χ1v) is 7.48. The molecule has 0 aromatic heterocycles. The summed E-state index contributed by atoms with van der Waals surface area (Å²) in [6, 6.07) is 8.26. The summed E-state index contributed by atoms with van der Waals surface area (Å²) < 4.78 is 0. The van der Waals surface area contributed by atoms with Gasteiger partial charge in [-0.2, -0.15) is 0 Å². The maximum absolute atomic E-state index is 6.23. The van der Waals surface area contributed by atoms with Gasteiger partial charge >= 0.3 is 0 Å². The Kier molecular flexibility index (Phi) is 5.08. The highest BCUT2D eigenvalue weighted by Crippen LogP contribution is 2.37. The molecular weight excluding hydrogens is 242 g/mol. The summed E-state index contributed by atoms with van der Waals surface area (Å²) in [4.78, 5) is 0. The van der Waals surface area contributed by atoms with Crippen molar-refractivity contribution in [3.05, 3.63) is 34.9 Å². The molecule has 0 bridgehead atoms. The molecule has 0 heterocycles. The number of hydrogen-bond acceptors (Lipinski definition) is 1. The third kappa shape index (κ3) is 3.73. The van der Waals surface area contributed by atoms with Crippen LogP contribution in [-0.4, -0.2) is 13.1 Å². The average molecular weight is 266 g/mol. The van der Waals surface area contributed by atoms with Gasteiger partial charge in [0.1, 0.15) is 0 Å². The molecule has 0 amide bonds. The van der Waals surface area contributed by atoms with Crippen LogP contribution in [0.5, 0.6) is 0 Å². The van der Waals surface area contributed by atoms with E-state index in [2.05, 4.69) is 31.3 Å². The van der Waals surface area contributed by atoms with E-state index >= 15 is 0 Å². The highest BCUT2D eigenvalue weighted by molar-refractivity contribution is 6.31. The van der Waals surface area contributed by atoms with Gasteiger partial charge in [-0.3, -0.25) is 0 Å². The normalized spacial score (nSPS) is 23.1. The topological polar surface area (TPSA) is 12.0 Å². The lowest BCUT2D eigenvalue weighted by molar-refractivity contribution is 0.169. The van der Waals surface area contributed by atoms with Crippen LogP contribution in [0.15, 0.2) is 24.3 Å². The molecule has 0 spiro atoms. The number of nitrogens with one attached hydrogen (secondary N) is 1. The summed E-state index contributed by atoms with van der Waals surface area (Å²) in [6.07, 6.45) is 3.88. The lowest BCUT2D eigenvalue weighted by Crippen LogP contribution is -2.37. The average Bonchev–Trinajstić information content (AvgIpc) is 2.32. The second kappa shape index (κ2) is 6.58. The van der Waals surface area contributed by atoms with Gasteiger partial charge in [-0.25, -0.2) is 0 Å². The molecule has 2 rings (SSSR count). The predicted molar refractivity (Wildman–Crippen MR) is 79.1 cm³/mol. The van der Waals surface area contributed by atoms with Crippen molar-refractivity contribution in [2.24, 2.45) is 17.8 Å². The number of hydrogen-bond donors (Lipinski definition) is 1. The van der Waals surface area contributed by atoms with Crippen molar-refractivity contribution < 1.29 is 0 Å². The molecule has 100 valence electrons. The molecule has 2 unspecified atom stereocenters. The van der Waals surface area contributed by atoms with E-state index in [0.717, 1.165) is 35.7 Å². The molecule has 1 nitrogen and oxygen atoms in total. The van der Waals surface area contributed by atoms with Crippen molar-refractivity contribution >= 4 is 11.6 Å². The van der Waals surface area contributed by atoms with E-state index in [9.17, 15) is 0 Å². The van der Waals surface area contributed by atoms with Crippen molar-refractivity contribution in [2.45, 2.75) is 33.1 Å². The predicted octanol–water partition coefficient (Wildman–Crippen LogP) is 4.15. The minimum Gasteiger partial charge on any atom is -0.316 e. The van der Waals surface area contributed by atoms with Gasteiger partial charge in [0, 0.05) is 5.02 Å². The zero-order valence-electron chi connectivity index (χ0n) is 11.5. The van der Waals surface area contributed by atoms with Crippen molar-refractivity contribution in [1.82, 2.24) is 5.32 Å². The molecule has 1 aliphatic carbocycles. The van der Waals surface area contributed by atoms with Crippen molar-refractivity contribution in [1.29, 1.82) is 0 Å². The van der Waals surface area contributed by atoms with Crippen LogP contribution in [0.1, 0.15) is 32.3 Å². The van der Waals surface area contributed by atoms with E-state index < -0.39 is 0 Å². The summed E-state index contributed by atoms with van der Waals surface area (Å²) in [5.74, 6) is 2.41. The number of benzene rings is 1. The van der Waals surface area contributed by atoms with Crippen LogP contribution < -0.4 is 5.32 Å². The van der Waals surface area contributed by atoms with Crippen LogP contribution in [-0.2, 0) is 6.42 Å². The maximum atomic E-state index is 6.23. The Morgan fingerprint density at radius 1 is 1.22 bits per heavy atom. The van der Waals surface area contributed by atoms with E-state index in [1.54, 1.807) is 0 Å².